The molecule has 3 heterocycles. The maximum atomic E-state index is 11.8. The minimum Gasteiger partial charge on any atom is -0.380 e. The van der Waals surface area contributed by atoms with E-state index in [-0.39, 0.29) is 17.7 Å². The number of rotatable bonds is 5. The molecule has 1 aliphatic heterocycles. The second-order valence-corrected chi connectivity index (χ2v) is 7.18. The van der Waals surface area contributed by atoms with Gasteiger partial charge in [-0.05, 0) is 18.8 Å². The van der Waals surface area contributed by atoms with Crippen LogP contribution in [0.3, 0.4) is 0 Å². The van der Waals surface area contributed by atoms with Crippen LogP contribution in [-0.4, -0.2) is 39.3 Å². The number of carbonyl (C=O) groups is 1. The summed E-state index contributed by atoms with van der Waals surface area (Å²) in [7, 11) is 0. The van der Waals surface area contributed by atoms with Crippen LogP contribution < -0.4 is 5.73 Å². The lowest BCUT2D eigenvalue weighted by Crippen LogP contribution is -2.28. The number of primary amides is 1. The zero-order chi connectivity index (χ0) is 18.4. The molecule has 8 nitrogen and oxygen atoms in total. The van der Waals surface area contributed by atoms with E-state index in [0.29, 0.717) is 11.7 Å². The molecule has 0 unspecified atom stereocenters. The van der Waals surface area contributed by atoms with E-state index in [2.05, 4.69) is 15.5 Å². The van der Waals surface area contributed by atoms with Gasteiger partial charge in [0.2, 0.25) is 0 Å². The molecule has 1 aromatic carbocycles. The molecule has 5 rings (SSSR count). The van der Waals surface area contributed by atoms with E-state index in [9.17, 15) is 4.79 Å². The van der Waals surface area contributed by atoms with Crippen molar-refractivity contribution >= 4 is 5.91 Å². The van der Waals surface area contributed by atoms with Crippen LogP contribution in [-0.2, 0) is 4.74 Å². The van der Waals surface area contributed by atoms with Crippen molar-refractivity contribution in [2.75, 3.05) is 13.2 Å². The number of aromatic nitrogens is 4. The van der Waals surface area contributed by atoms with E-state index >= 15 is 0 Å². The number of hydrogen-bond acceptors (Lipinski definition) is 6. The molecule has 1 aliphatic carbocycles. The Hall–Kier alpha value is -3.00. The molecule has 1 saturated heterocycles. The second-order valence-electron chi connectivity index (χ2n) is 7.18. The van der Waals surface area contributed by atoms with Gasteiger partial charge in [-0.2, -0.15) is 0 Å². The maximum Gasteiger partial charge on any atom is 0.271 e. The highest BCUT2D eigenvalue weighted by molar-refractivity contribution is 5.94. The van der Waals surface area contributed by atoms with Gasteiger partial charge in [-0.15, -0.1) is 5.10 Å². The Morgan fingerprint density at radius 2 is 1.93 bits per heavy atom. The maximum absolute atomic E-state index is 11.8. The first kappa shape index (κ1) is 16.2. The number of amides is 1. The first-order valence-electron chi connectivity index (χ1n) is 9.05. The third-order valence-corrected chi connectivity index (χ3v) is 5.48. The van der Waals surface area contributed by atoms with Crippen LogP contribution >= 0.6 is 0 Å². The monoisotopic (exact) mass is 365 g/mol. The van der Waals surface area contributed by atoms with Crippen molar-refractivity contribution in [3.8, 4) is 11.3 Å². The summed E-state index contributed by atoms with van der Waals surface area (Å²) >= 11 is 0. The fraction of sp³-hybridized carbons (Fsp3) is 0.368. The smallest absolute Gasteiger partial charge is 0.271 e. The van der Waals surface area contributed by atoms with Crippen molar-refractivity contribution in [3.05, 3.63) is 53.5 Å². The van der Waals surface area contributed by atoms with Crippen LogP contribution in [0.15, 0.2) is 41.1 Å². The zero-order valence-electron chi connectivity index (χ0n) is 14.6. The molecule has 2 N–H and O–H groups in total. The highest BCUT2D eigenvalue weighted by Gasteiger charge is 2.39. The second kappa shape index (κ2) is 6.31. The largest absolute Gasteiger partial charge is 0.380 e. The molecule has 8 heteroatoms. The molecule has 2 fully saturated rings. The minimum atomic E-state index is -0.563. The SMILES string of the molecule is NC(=O)c1noc(-c2ccccc2)c1C1CC(n2cc(C3COC3)nn2)C1. The van der Waals surface area contributed by atoms with Crippen LogP contribution in [0.5, 0.6) is 0 Å². The van der Waals surface area contributed by atoms with Crippen LogP contribution in [0.1, 0.15) is 52.5 Å². The summed E-state index contributed by atoms with van der Waals surface area (Å²) in [6, 6.07) is 9.91. The molecule has 2 aliphatic rings. The minimum absolute atomic E-state index is 0.152. The Morgan fingerprint density at radius 3 is 2.59 bits per heavy atom. The highest BCUT2D eigenvalue weighted by atomic mass is 16.5. The number of nitrogens with zero attached hydrogens (tertiary/aromatic N) is 4. The van der Waals surface area contributed by atoms with Gasteiger partial charge in [0.1, 0.15) is 0 Å². The van der Waals surface area contributed by atoms with Crippen LogP contribution in [0.4, 0.5) is 0 Å². The van der Waals surface area contributed by atoms with E-state index < -0.39 is 5.91 Å². The third-order valence-electron chi connectivity index (χ3n) is 5.48. The number of benzene rings is 1. The van der Waals surface area contributed by atoms with Gasteiger partial charge in [0.25, 0.3) is 5.91 Å². The van der Waals surface area contributed by atoms with Gasteiger partial charge in [-0.3, -0.25) is 4.79 Å². The fourth-order valence-electron chi connectivity index (χ4n) is 3.75. The van der Waals surface area contributed by atoms with Gasteiger partial charge in [-0.25, -0.2) is 4.68 Å². The molecule has 0 atom stereocenters. The lowest BCUT2D eigenvalue weighted by Gasteiger charge is -2.35. The van der Waals surface area contributed by atoms with Gasteiger partial charge in [0, 0.05) is 17.3 Å². The molecule has 27 heavy (non-hydrogen) atoms. The first-order chi connectivity index (χ1) is 13.2. The van der Waals surface area contributed by atoms with Gasteiger partial charge < -0.3 is 15.0 Å². The number of nitrogens with two attached hydrogens (primary N) is 1. The number of ether oxygens (including phenoxy) is 1. The standard InChI is InChI=1S/C19H19N5O3/c20-19(25)17-16(18(27-22-17)11-4-2-1-3-5-11)12-6-14(7-12)24-8-15(21-23-24)13-9-26-10-13/h1-5,8,12-14H,6-7,9-10H2,(H2,20,25). The average Bonchev–Trinajstić information content (AvgIpc) is 3.21. The molecule has 3 aromatic rings. The topological polar surface area (TPSA) is 109 Å². The molecule has 2 aromatic heterocycles. The summed E-state index contributed by atoms with van der Waals surface area (Å²) in [5, 5.41) is 12.5. The van der Waals surface area contributed by atoms with Crippen LogP contribution in [0, 0.1) is 0 Å². The Labute approximate surface area is 155 Å². The molecule has 138 valence electrons. The van der Waals surface area contributed by atoms with Crippen molar-refractivity contribution in [2.24, 2.45) is 5.73 Å². The Morgan fingerprint density at radius 1 is 1.15 bits per heavy atom. The van der Waals surface area contributed by atoms with Gasteiger partial charge >= 0.3 is 0 Å². The Bertz CT molecular complexity index is 970. The normalized spacial score (nSPS) is 22.2. The predicted octanol–water partition coefficient (Wildman–Crippen LogP) is 2.26. The van der Waals surface area contributed by atoms with E-state index in [0.717, 1.165) is 42.9 Å². The molecule has 0 spiro atoms. The summed E-state index contributed by atoms with van der Waals surface area (Å²) in [5.41, 5.74) is 8.43. The lowest BCUT2D eigenvalue weighted by atomic mass is 9.74. The number of carbonyl (C=O) groups excluding carboxylic acids is 1. The molecule has 1 amide bonds. The van der Waals surface area contributed by atoms with Crippen LogP contribution in [0.25, 0.3) is 11.3 Å². The molecule has 0 radical (unpaired) electrons. The molecule has 1 saturated carbocycles. The quantitative estimate of drug-likeness (QED) is 0.743. The van der Waals surface area contributed by atoms with E-state index in [1.165, 1.54) is 0 Å². The highest BCUT2D eigenvalue weighted by Crippen LogP contribution is 2.48. The van der Waals surface area contributed by atoms with E-state index in [1.807, 2.05) is 41.2 Å². The lowest BCUT2D eigenvalue weighted by molar-refractivity contribution is 0.00664. The predicted molar refractivity (Wildman–Crippen MR) is 95.1 cm³/mol. The summed E-state index contributed by atoms with van der Waals surface area (Å²) in [6.07, 6.45) is 3.69. The van der Waals surface area contributed by atoms with Crippen molar-refractivity contribution in [3.63, 3.8) is 0 Å². The Balaban J connectivity index is 1.39. The van der Waals surface area contributed by atoms with E-state index in [4.69, 9.17) is 15.0 Å². The fourth-order valence-corrected chi connectivity index (χ4v) is 3.75. The summed E-state index contributed by atoms with van der Waals surface area (Å²) < 4.78 is 12.6. The summed E-state index contributed by atoms with van der Waals surface area (Å²) in [4.78, 5) is 11.8. The molecule has 0 bridgehead atoms. The van der Waals surface area contributed by atoms with Gasteiger partial charge in [0.15, 0.2) is 11.5 Å². The molecular weight excluding hydrogens is 346 g/mol. The van der Waals surface area contributed by atoms with Gasteiger partial charge in [-0.1, -0.05) is 40.7 Å². The van der Waals surface area contributed by atoms with Crippen molar-refractivity contribution in [2.45, 2.75) is 30.7 Å². The van der Waals surface area contributed by atoms with Crippen molar-refractivity contribution in [1.29, 1.82) is 0 Å². The van der Waals surface area contributed by atoms with Crippen molar-refractivity contribution in [1.82, 2.24) is 20.2 Å². The van der Waals surface area contributed by atoms with Crippen molar-refractivity contribution < 1.29 is 14.1 Å². The van der Waals surface area contributed by atoms with Crippen LogP contribution in [0.2, 0.25) is 0 Å². The third kappa shape index (κ3) is 2.73. The molecular formula is C19H19N5O3. The average molecular weight is 365 g/mol. The van der Waals surface area contributed by atoms with Gasteiger partial charge in [0.05, 0.1) is 30.9 Å². The summed E-state index contributed by atoms with van der Waals surface area (Å²) in [6.45, 7) is 1.43. The Kier molecular flexibility index (Phi) is 3.78. The zero-order valence-corrected chi connectivity index (χ0v) is 14.6. The van der Waals surface area contributed by atoms with E-state index in [1.54, 1.807) is 0 Å². The number of hydrogen-bond donors (Lipinski definition) is 1. The summed E-state index contributed by atoms with van der Waals surface area (Å²) in [5.74, 6) is 0.573. The first-order valence-corrected chi connectivity index (χ1v) is 9.05.